The summed E-state index contributed by atoms with van der Waals surface area (Å²) in [6.07, 6.45) is 1.61. The molecule has 0 fully saturated rings. The fraction of sp³-hybridized carbons (Fsp3) is 0.222. The van der Waals surface area contributed by atoms with Crippen molar-refractivity contribution in [3.8, 4) is 11.5 Å². The molecule has 0 unspecified atom stereocenters. The summed E-state index contributed by atoms with van der Waals surface area (Å²) < 4.78 is 10.9. The SMILES string of the molecule is CCOc1ccccc1OCC(=O)N/N=C\c1ccccc1C. The van der Waals surface area contributed by atoms with Crippen LogP contribution < -0.4 is 14.9 Å². The van der Waals surface area contributed by atoms with Crippen LogP contribution in [-0.2, 0) is 4.79 Å². The number of nitrogens with zero attached hydrogens (tertiary/aromatic N) is 1. The Morgan fingerprint density at radius 1 is 1.09 bits per heavy atom. The van der Waals surface area contributed by atoms with Crippen LogP contribution in [0.1, 0.15) is 18.1 Å². The molecule has 0 aliphatic carbocycles. The highest BCUT2D eigenvalue weighted by molar-refractivity contribution is 5.84. The number of carbonyl (C=O) groups is 1. The fourth-order valence-electron chi connectivity index (χ4n) is 1.93. The summed E-state index contributed by atoms with van der Waals surface area (Å²) in [6.45, 7) is 4.28. The maximum Gasteiger partial charge on any atom is 0.277 e. The molecule has 2 rings (SSSR count). The average molecular weight is 312 g/mol. The second-order valence-electron chi connectivity index (χ2n) is 4.82. The summed E-state index contributed by atoms with van der Waals surface area (Å²) in [6, 6.07) is 15.0. The van der Waals surface area contributed by atoms with Gasteiger partial charge in [0.2, 0.25) is 0 Å². The van der Waals surface area contributed by atoms with E-state index in [0.29, 0.717) is 18.1 Å². The van der Waals surface area contributed by atoms with E-state index in [2.05, 4.69) is 10.5 Å². The molecule has 0 bridgehead atoms. The highest BCUT2D eigenvalue weighted by Crippen LogP contribution is 2.26. The predicted molar refractivity (Wildman–Crippen MR) is 90.0 cm³/mol. The van der Waals surface area contributed by atoms with Gasteiger partial charge in [-0.25, -0.2) is 5.43 Å². The zero-order chi connectivity index (χ0) is 16.5. The van der Waals surface area contributed by atoms with Crippen molar-refractivity contribution in [2.45, 2.75) is 13.8 Å². The molecule has 0 saturated heterocycles. The lowest BCUT2D eigenvalue weighted by atomic mass is 10.1. The largest absolute Gasteiger partial charge is 0.490 e. The predicted octanol–water partition coefficient (Wildman–Crippen LogP) is 2.92. The van der Waals surface area contributed by atoms with Crippen LogP contribution in [0.15, 0.2) is 53.6 Å². The molecule has 23 heavy (non-hydrogen) atoms. The van der Waals surface area contributed by atoms with Gasteiger partial charge in [0.05, 0.1) is 12.8 Å². The summed E-state index contributed by atoms with van der Waals surface area (Å²) in [5.41, 5.74) is 4.49. The number of benzene rings is 2. The van der Waals surface area contributed by atoms with Crippen LogP contribution in [0.5, 0.6) is 11.5 Å². The molecule has 0 spiro atoms. The standard InChI is InChI=1S/C18H20N2O3/c1-3-22-16-10-6-7-11-17(16)23-13-18(21)20-19-12-15-9-5-4-8-14(15)2/h4-12H,3,13H2,1-2H3,(H,20,21)/b19-12-. The van der Waals surface area contributed by atoms with Gasteiger partial charge in [-0.05, 0) is 37.1 Å². The van der Waals surface area contributed by atoms with Gasteiger partial charge < -0.3 is 9.47 Å². The highest BCUT2D eigenvalue weighted by Gasteiger charge is 2.06. The van der Waals surface area contributed by atoms with Crippen molar-refractivity contribution in [3.63, 3.8) is 0 Å². The Kier molecular flexibility index (Phi) is 6.17. The van der Waals surface area contributed by atoms with Crippen molar-refractivity contribution < 1.29 is 14.3 Å². The molecule has 5 heteroatoms. The molecule has 120 valence electrons. The molecule has 0 aromatic heterocycles. The van der Waals surface area contributed by atoms with E-state index in [1.54, 1.807) is 18.3 Å². The number of ether oxygens (including phenoxy) is 2. The van der Waals surface area contributed by atoms with Crippen molar-refractivity contribution in [2.24, 2.45) is 5.10 Å². The highest BCUT2D eigenvalue weighted by atomic mass is 16.5. The first-order chi connectivity index (χ1) is 11.2. The number of nitrogens with one attached hydrogen (secondary N) is 1. The molecule has 2 aromatic rings. The molecule has 0 atom stereocenters. The van der Waals surface area contributed by atoms with Gasteiger partial charge in [0.15, 0.2) is 18.1 Å². The summed E-state index contributed by atoms with van der Waals surface area (Å²) in [5, 5.41) is 3.94. The number of hydrazone groups is 1. The minimum atomic E-state index is -0.332. The maximum absolute atomic E-state index is 11.8. The van der Waals surface area contributed by atoms with Crippen LogP contribution in [-0.4, -0.2) is 25.3 Å². The smallest absolute Gasteiger partial charge is 0.277 e. The Balaban J connectivity index is 1.85. The zero-order valence-corrected chi connectivity index (χ0v) is 13.3. The molecule has 5 nitrogen and oxygen atoms in total. The first-order valence-electron chi connectivity index (χ1n) is 7.43. The van der Waals surface area contributed by atoms with Gasteiger partial charge in [-0.3, -0.25) is 4.79 Å². The number of hydrogen-bond acceptors (Lipinski definition) is 4. The van der Waals surface area contributed by atoms with E-state index in [9.17, 15) is 4.79 Å². The Morgan fingerprint density at radius 3 is 2.43 bits per heavy atom. The first-order valence-corrected chi connectivity index (χ1v) is 7.43. The van der Waals surface area contributed by atoms with E-state index in [1.165, 1.54) is 0 Å². The Hall–Kier alpha value is -2.82. The molecule has 0 heterocycles. The van der Waals surface area contributed by atoms with E-state index < -0.39 is 0 Å². The van der Waals surface area contributed by atoms with E-state index in [0.717, 1.165) is 11.1 Å². The van der Waals surface area contributed by atoms with Gasteiger partial charge in [-0.15, -0.1) is 0 Å². The van der Waals surface area contributed by atoms with E-state index in [-0.39, 0.29) is 12.5 Å². The Labute approximate surface area is 135 Å². The lowest BCUT2D eigenvalue weighted by Crippen LogP contribution is -2.24. The van der Waals surface area contributed by atoms with Crippen molar-refractivity contribution in [1.82, 2.24) is 5.43 Å². The molecule has 0 aliphatic heterocycles. The molecule has 0 saturated carbocycles. The maximum atomic E-state index is 11.8. The van der Waals surface area contributed by atoms with Crippen LogP contribution in [0.25, 0.3) is 0 Å². The van der Waals surface area contributed by atoms with Gasteiger partial charge in [0, 0.05) is 0 Å². The number of carbonyl (C=O) groups excluding carboxylic acids is 1. The van der Waals surface area contributed by atoms with Crippen molar-refractivity contribution in [2.75, 3.05) is 13.2 Å². The van der Waals surface area contributed by atoms with Gasteiger partial charge in [0.1, 0.15) is 0 Å². The molecule has 0 radical (unpaired) electrons. The number of hydrogen-bond donors (Lipinski definition) is 1. The quantitative estimate of drug-likeness (QED) is 0.631. The van der Waals surface area contributed by atoms with Gasteiger partial charge in [-0.2, -0.15) is 5.10 Å². The van der Waals surface area contributed by atoms with Crippen molar-refractivity contribution in [1.29, 1.82) is 0 Å². The monoisotopic (exact) mass is 312 g/mol. The number of para-hydroxylation sites is 2. The number of amides is 1. The van der Waals surface area contributed by atoms with E-state index >= 15 is 0 Å². The summed E-state index contributed by atoms with van der Waals surface area (Å²) in [7, 11) is 0. The normalized spacial score (nSPS) is 10.5. The first kappa shape index (κ1) is 16.5. The average Bonchev–Trinajstić information content (AvgIpc) is 2.56. The fourth-order valence-corrected chi connectivity index (χ4v) is 1.93. The van der Waals surface area contributed by atoms with Crippen molar-refractivity contribution >= 4 is 12.1 Å². The molecular formula is C18H20N2O3. The lowest BCUT2D eigenvalue weighted by molar-refractivity contribution is -0.123. The van der Waals surface area contributed by atoms with Gasteiger partial charge in [-0.1, -0.05) is 36.4 Å². The third-order valence-electron chi connectivity index (χ3n) is 3.09. The summed E-state index contributed by atoms with van der Waals surface area (Å²) in [5.74, 6) is 0.819. The Bertz CT molecular complexity index is 683. The summed E-state index contributed by atoms with van der Waals surface area (Å²) in [4.78, 5) is 11.8. The van der Waals surface area contributed by atoms with Crippen LogP contribution >= 0.6 is 0 Å². The molecule has 1 N–H and O–H groups in total. The lowest BCUT2D eigenvalue weighted by Gasteiger charge is -2.10. The second kappa shape index (κ2) is 8.58. The zero-order valence-electron chi connectivity index (χ0n) is 13.3. The third kappa shape index (κ3) is 5.14. The van der Waals surface area contributed by atoms with Crippen molar-refractivity contribution in [3.05, 3.63) is 59.7 Å². The summed E-state index contributed by atoms with van der Waals surface area (Å²) >= 11 is 0. The minimum absolute atomic E-state index is 0.130. The van der Waals surface area contributed by atoms with Gasteiger partial charge >= 0.3 is 0 Å². The van der Waals surface area contributed by atoms with E-state index in [4.69, 9.17) is 9.47 Å². The van der Waals surface area contributed by atoms with Crippen LogP contribution in [0.4, 0.5) is 0 Å². The minimum Gasteiger partial charge on any atom is -0.490 e. The Morgan fingerprint density at radius 2 is 1.74 bits per heavy atom. The molecule has 1 amide bonds. The van der Waals surface area contributed by atoms with Gasteiger partial charge in [0.25, 0.3) is 5.91 Å². The van der Waals surface area contributed by atoms with Crippen LogP contribution in [0.2, 0.25) is 0 Å². The number of rotatable bonds is 7. The molecule has 0 aliphatic rings. The van der Waals surface area contributed by atoms with Crippen LogP contribution in [0, 0.1) is 6.92 Å². The second-order valence-corrected chi connectivity index (χ2v) is 4.82. The topological polar surface area (TPSA) is 59.9 Å². The third-order valence-corrected chi connectivity index (χ3v) is 3.09. The number of aryl methyl sites for hydroxylation is 1. The molecule has 2 aromatic carbocycles. The molecular weight excluding hydrogens is 292 g/mol. The van der Waals surface area contributed by atoms with Crippen LogP contribution in [0.3, 0.4) is 0 Å². The van der Waals surface area contributed by atoms with E-state index in [1.807, 2.05) is 50.2 Å².